The maximum absolute atomic E-state index is 12.1. The van der Waals surface area contributed by atoms with Crippen LogP contribution in [0.2, 0.25) is 0 Å². The molecule has 0 spiro atoms. The van der Waals surface area contributed by atoms with Crippen LogP contribution < -0.4 is 25.4 Å². The van der Waals surface area contributed by atoms with Crippen LogP contribution in [0.1, 0.15) is 18.1 Å². The molecule has 0 aliphatic rings. The van der Waals surface area contributed by atoms with Crippen molar-refractivity contribution in [2.75, 3.05) is 14.2 Å². The lowest BCUT2D eigenvalue weighted by Crippen LogP contribution is -2.48. The van der Waals surface area contributed by atoms with E-state index < -0.39 is 12.1 Å². The molecule has 0 bridgehead atoms. The Balaban J connectivity index is 1.78. The molecule has 0 radical (unpaired) electrons. The van der Waals surface area contributed by atoms with E-state index in [4.69, 9.17) is 9.47 Å². The summed E-state index contributed by atoms with van der Waals surface area (Å²) in [5, 5.41) is 8.13. The second-order valence-electron chi connectivity index (χ2n) is 5.94. The van der Waals surface area contributed by atoms with E-state index in [1.165, 1.54) is 0 Å². The van der Waals surface area contributed by atoms with Gasteiger partial charge in [-0.15, -0.1) is 0 Å². The van der Waals surface area contributed by atoms with E-state index in [9.17, 15) is 9.59 Å². The fourth-order valence-corrected chi connectivity index (χ4v) is 2.42. The van der Waals surface area contributed by atoms with Crippen LogP contribution in [0.4, 0.5) is 4.79 Å². The first-order valence-electron chi connectivity index (χ1n) is 8.60. The number of hydrogen-bond acceptors (Lipinski definition) is 4. The smallest absolute Gasteiger partial charge is 0.315 e. The third-order valence-electron chi connectivity index (χ3n) is 3.95. The van der Waals surface area contributed by atoms with Crippen molar-refractivity contribution in [3.8, 4) is 11.5 Å². The van der Waals surface area contributed by atoms with Crippen molar-refractivity contribution in [2.24, 2.45) is 0 Å². The van der Waals surface area contributed by atoms with Gasteiger partial charge in [-0.3, -0.25) is 4.79 Å². The number of hydrogen-bond donors (Lipinski definition) is 3. The number of carbonyl (C=O) groups is 2. The molecule has 3 N–H and O–H groups in total. The second-order valence-corrected chi connectivity index (χ2v) is 5.94. The Hall–Kier alpha value is -3.22. The molecule has 7 nitrogen and oxygen atoms in total. The summed E-state index contributed by atoms with van der Waals surface area (Å²) in [4.78, 5) is 24.1. The summed E-state index contributed by atoms with van der Waals surface area (Å²) < 4.78 is 10.4. The van der Waals surface area contributed by atoms with Gasteiger partial charge < -0.3 is 25.4 Å². The van der Waals surface area contributed by atoms with E-state index in [2.05, 4.69) is 16.0 Å². The minimum Gasteiger partial charge on any atom is -0.493 e. The molecule has 144 valence electrons. The Morgan fingerprint density at radius 2 is 1.56 bits per heavy atom. The summed E-state index contributed by atoms with van der Waals surface area (Å²) in [6.07, 6.45) is 0. The van der Waals surface area contributed by atoms with Crippen LogP contribution in [0.15, 0.2) is 48.5 Å². The highest BCUT2D eigenvalue weighted by Crippen LogP contribution is 2.27. The zero-order valence-corrected chi connectivity index (χ0v) is 15.7. The van der Waals surface area contributed by atoms with Crippen molar-refractivity contribution in [2.45, 2.75) is 26.1 Å². The summed E-state index contributed by atoms with van der Waals surface area (Å²) in [6.45, 7) is 2.35. The molecule has 0 fully saturated rings. The lowest BCUT2D eigenvalue weighted by molar-refractivity contribution is -0.122. The molecule has 7 heteroatoms. The molecule has 2 aromatic rings. The van der Waals surface area contributed by atoms with Crippen molar-refractivity contribution < 1.29 is 19.1 Å². The lowest BCUT2D eigenvalue weighted by Gasteiger charge is -2.15. The van der Waals surface area contributed by atoms with E-state index >= 15 is 0 Å². The molecule has 27 heavy (non-hydrogen) atoms. The molecule has 0 saturated carbocycles. The number of benzene rings is 2. The largest absolute Gasteiger partial charge is 0.493 e. The van der Waals surface area contributed by atoms with Crippen molar-refractivity contribution in [3.63, 3.8) is 0 Å². The number of amides is 3. The molecule has 3 amide bonds. The van der Waals surface area contributed by atoms with Crippen LogP contribution in [-0.2, 0) is 17.9 Å². The van der Waals surface area contributed by atoms with Crippen LogP contribution in [0, 0.1) is 0 Å². The van der Waals surface area contributed by atoms with Crippen LogP contribution in [-0.4, -0.2) is 32.2 Å². The molecule has 0 heterocycles. The minimum absolute atomic E-state index is 0.250. The van der Waals surface area contributed by atoms with Crippen LogP contribution in [0.3, 0.4) is 0 Å². The molecule has 1 atom stereocenters. The third kappa shape index (κ3) is 6.22. The maximum Gasteiger partial charge on any atom is 0.315 e. The fourth-order valence-electron chi connectivity index (χ4n) is 2.42. The van der Waals surface area contributed by atoms with Gasteiger partial charge in [-0.05, 0) is 30.2 Å². The molecule has 0 aliphatic heterocycles. The van der Waals surface area contributed by atoms with Crippen molar-refractivity contribution >= 4 is 11.9 Å². The van der Waals surface area contributed by atoms with Crippen LogP contribution >= 0.6 is 0 Å². The second kappa shape index (κ2) is 10.1. The average Bonchev–Trinajstić information content (AvgIpc) is 2.70. The number of carbonyl (C=O) groups excluding carboxylic acids is 2. The summed E-state index contributed by atoms with van der Waals surface area (Å²) in [5.41, 5.74) is 1.85. The zero-order chi connectivity index (χ0) is 19.6. The molecule has 0 aliphatic carbocycles. The normalized spacial score (nSPS) is 11.2. The van der Waals surface area contributed by atoms with Gasteiger partial charge in [0.2, 0.25) is 5.91 Å². The Bertz CT molecular complexity index is 765. The minimum atomic E-state index is -0.654. The SMILES string of the molecule is COc1ccc(CNC(=O)NC(C)C(=O)NCc2ccccc2)cc1OC. The molecule has 0 aromatic heterocycles. The average molecular weight is 371 g/mol. The molecule has 0 saturated heterocycles. The number of nitrogens with one attached hydrogen (secondary N) is 3. The monoisotopic (exact) mass is 371 g/mol. The highest BCUT2D eigenvalue weighted by molar-refractivity contribution is 5.86. The predicted octanol–water partition coefficient (Wildman–Crippen LogP) is 2.21. The van der Waals surface area contributed by atoms with Gasteiger partial charge in [0.15, 0.2) is 11.5 Å². The fraction of sp³-hybridized carbons (Fsp3) is 0.300. The highest BCUT2D eigenvalue weighted by atomic mass is 16.5. The zero-order valence-electron chi connectivity index (χ0n) is 15.7. The van der Waals surface area contributed by atoms with Crippen molar-refractivity contribution in [1.29, 1.82) is 0 Å². The van der Waals surface area contributed by atoms with E-state index in [-0.39, 0.29) is 5.91 Å². The van der Waals surface area contributed by atoms with Gasteiger partial charge in [-0.1, -0.05) is 36.4 Å². The first-order valence-corrected chi connectivity index (χ1v) is 8.60. The predicted molar refractivity (Wildman–Crippen MR) is 103 cm³/mol. The quantitative estimate of drug-likeness (QED) is 0.664. The Morgan fingerprint density at radius 1 is 0.889 bits per heavy atom. The van der Waals surface area contributed by atoms with Gasteiger partial charge in [0.1, 0.15) is 6.04 Å². The van der Waals surface area contributed by atoms with E-state index in [1.54, 1.807) is 33.3 Å². The van der Waals surface area contributed by atoms with Gasteiger partial charge in [0, 0.05) is 13.1 Å². The van der Waals surface area contributed by atoms with Gasteiger partial charge in [-0.25, -0.2) is 4.79 Å². The van der Waals surface area contributed by atoms with Gasteiger partial charge >= 0.3 is 6.03 Å². The van der Waals surface area contributed by atoms with Crippen LogP contribution in [0.25, 0.3) is 0 Å². The number of urea groups is 1. The molecule has 1 unspecified atom stereocenters. The third-order valence-corrected chi connectivity index (χ3v) is 3.95. The van der Waals surface area contributed by atoms with E-state index in [1.807, 2.05) is 36.4 Å². The first kappa shape index (κ1) is 20.1. The van der Waals surface area contributed by atoms with Crippen LogP contribution in [0.5, 0.6) is 11.5 Å². The standard InChI is InChI=1S/C20H25N3O4/c1-14(19(24)21-12-15-7-5-4-6-8-15)23-20(25)22-13-16-9-10-17(26-2)18(11-16)27-3/h4-11,14H,12-13H2,1-3H3,(H,21,24)(H2,22,23,25). The Labute approximate surface area is 159 Å². The van der Waals surface area contributed by atoms with Gasteiger partial charge in [0.05, 0.1) is 14.2 Å². The topological polar surface area (TPSA) is 88.7 Å². The number of ether oxygens (including phenoxy) is 2. The number of rotatable bonds is 8. The lowest BCUT2D eigenvalue weighted by atomic mass is 10.2. The number of methoxy groups -OCH3 is 2. The summed E-state index contributed by atoms with van der Waals surface area (Å²) in [5.74, 6) is 0.959. The first-order chi connectivity index (χ1) is 13.0. The molecule has 2 aromatic carbocycles. The summed E-state index contributed by atoms with van der Waals surface area (Å²) >= 11 is 0. The highest BCUT2D eigenvalue weighted by Gasteiger charge is 2.15. The molecular weight excluding hydrogens is 346 g/mol. The van der Waals surface area contributed by atoms with E-state index in [0.717, 1.165) is 11.1 Å². The molecule has 2 rings (SSSR count). The Kier molecular flexibility index (Phi) is 7.49. The maximum atomic E-state index is 12.1. The molecular formula is C20H25N3O4. The van der Waals surface area contributed by atoms with Crippen molar-refractivity contribution in [3.05, 3.63) is 59.7 Å². The summed E-state index contributed by atoms with van der Waals surface area (Å²) in [7, 11) is 3.12. The Morgan fingerprint density at radius 3 is 2.22 bits per heavy atom. The van der Waals surface area contributed by atoms with Gasteiger partial charge in [-0.2, -0.15) is 0 Å². The summed E-state index contributed by atoms with van der Waals surface area (Å²) in [6, 6.07) is 13.9. The van der Waals surface area contributed by atoms with E-state index in [0.29, 0.717) is 24.6 Å². The van der Waals surface area contributed by atoms with Crippen molar-refractivity contribution in [1.82, 2.24) is 16.0 Å². The van der Waals surface area contributed by atoms with Gasteiger partial charge in [0.25, 0.3) is 0 Å².